The van der Waals surface area contributed by atoms with Crippen LogP contribution in [0.1, 0.15) is 19.4 Å². The van der Waals surface area contributed by atoms with Crippen LogP contribution in [0.4, 0.5) is 0 Å². The van der Waals surface area contributed by atoms with Crippen molar-refractivity contribution in [3.05, 3.63) is 47.5 Å². The maximum Gasteiger partial charge on any atom is -0.00950 e. The van der Waals surface area contributed by atoms with Gasteiger partial charge in [0.25, 0.3) is 0 Å². The van der Waals surface area contributed by atoms with E-state index in [1.54, 1.807) is 0 Å². The van der Waals surface area contributed by atoms with Crippen molar-refractivity contribution < 1.29 is 0 Å². The van der Waals surface area contributed by atoms with Crippen LogP contribution in [0.2, 0.25) is 0 Å². The second-order valence-corrected chi connectivity index (χ2v) is 2.97. The lowest BCUT2D eigenvalue weighted by Crippen LogP contribution is -1.79. The first kappa shape index (κ1) is 8.06. The van der Waals surface area contributed by atoms with Gasteiger partial charge in [-0.3, -0.25) is 0 Å². The maximum atomic E-state index is 2.25. The van der Waals surface area contributed by atoms with Gasteiger partial charge in [-0.1, -0.05) is 42.0 Å². The van der Waals surface area contributed by atoms with Crippen LogP contribution in [0.25, 0.3) is 0 Å². The zero-order valence-electron chi connectivity index (χ0n) is 7.17. The third-order valence-electron chi connectivity index (χ3n) is 1.59. The highest BCUT2D eigenvalue weighted by Crippen LogP contribution is 2.01. The lowest BCUT2D eigenvalue weighted by Gasteiger charge is -1.94. The Morgan fingerprint density at radius 3 is 2.36 bits per heavy atom. The van der Waals surface area contributed by atoms with Crippen LogP contribution in [-0.2, 0) is 6.42 Å². The summed E-state index contributed by atoms with van der Waals surface area (Å²) >= 11 is 0. The smallest absolute Gasteiger partial charge is 0.00950 e. The van der Waals surface area contributed by atoms with Gasteiger partial charge in [0.2, 0.25) is 0 Å². The van der Waals surface area contributed by atoms with Gasteiger partial charge in [0.05, 0.1) is 0 Å². The molecule has 0 bridgehead atoms. The zero-order chi connectivity index (χ0) is 8.10. The predicted octanol–water partition coefficient (Wildman–Crippen LogP) is 3.20. The normalized spacial score (nSPS) is 9.27. The molecule has 1 aromatic rings. The van der Waals surface area contributed by atoms with Crippen molar-refractivity contribution >= 4 is 0 Å². The van der Waals surface area contributed by atoms with Crippen molar-refractivity contribution in [3.63, 3.8) is 0 Å². The van der Waals surface area contributed by atoms with E-state index >= 15 is 0 Å². The Bertz CT molecular complexity index is 227. The molecule has 0 unspecified atom stereocenters. The summed E-state index contributed by atoms with van der Waals surface area (Å²) in [6.07, 6.45) is 3.30. The Hall–Kier alpha value is -1.04. The molecule has 0 heteroatoms. The average molecular weight is 146 g/mol. The fraction of sp³-hybridized carbons (Fsp3) is 0.273. The van der Waals surface area contributed by atoms with Gasteiger partial charge in [-0.2, -0.15) is 0 Å². The van der Waals surface area contributed by atoms with Crippen LogP contribution in [0.5, 0.6) is 0 Å². The molecule has 0 heterocycles. The van der Waals surface area contributed by atoms with E-state index in [4.69, 9.17) is 0 Å². The summed E-state index contributed by atoms with van der Waals surface area (Å²) in [6.45, 7) is 4.26. The third kappa shape index (κ3) is 3.03. The first-order valence-corrected chi connectivity index (χ1v) is 3.96. The number of benzene rings is 1. The van der Waals surface area contributed by atoms with Crippen LogP contribution in [0.15, 0.2) is 42.0 Å². The van der Waals surface area contributed by atoms with E-state index in [9.17, 15) is 0 Å². The van der Waals surface area contributed by atoms with Crippen molar-refractivity contribution in [3.8, 4) is 0 Å². The zero-order valence-corrected chi connectivity index (χ0v) is 7.17. The molecule has 0 radical (unpaired) electrons. The average Bonchev–Trinajstić information content (AvgIpc) is 2.03. The molecule has 0 nitrogen and oxygen atoms in total. The van der Waals surface area contributed by atoms with Gasteiger partial charge >= 0.3 is 0 Å². The van der Waals surface area contributed by atoms with E-state index in [1.165, 1.54) is 11.1 Å². The fourth-order valence-electron chi connectivity index (χ4n) is 0.936. The van der Waals surface area contributed by atoms with Crippen LogP contribution < -0.4 is 0 Å². The predicted molar refractivity (Wildman–Crippen MR) is 49.6 cm³/mol. The molecular formula is C11H14. The topological polar surface area (TPSA) is 0 Å². The lowest BCUT2D eigenvalue weighted by atomic mass is 10.1. The van der Waals surface area contributed by atoms with Gasteiger partial charge in [-0.05, 0) is 25.8 Å². The Morgan fingerprint density at radius 2 is 1.82 bits per heavy atom. The van der Waals surface area contributed by atoms with E-state index in [1.807, 2.05) is 6.07 Å². The molecule has 11 heavy (non-hydrogen) atoms. The number of hydrogen-bond donors (Lipinski definition) is 0. The van der Waals surface area contributed by atoms with E-state index in [-0.39, 0.29) is 0 Å². The van der Waals surface area contributed by atoms with Crippen molar-refractivity contribution in [2.24, 2.45) is 0 Å². The Kier molecular flexibility index (Phi) is 2.91. The maximum absolute atomic E-state index is 2.25. The first-order valence-electron chi connectivity index (χ1n) is 3.96. The number of allylic oxidation sites excluding steroid dienone is 2. The van der Waals surface area contributed by atoms with E-state index < -0.39 is 0 Å². The third-order valence-corrected chi connectivity index (χ3v) is 1.59. The molecule has 0 aliphatic rings. The quantitative estimate of drug-likeness (QED) is 0.562. The Labute approximate surface area is 68.6 Å². The van der Waals surface area contributed by atoms with Gasteiger partial charge in [-0.25, -0.2) is 0 Å². The van der Waals surface area contributed by atoms with E-state index in [2.05, 4.69) is 44.2 Å². The van der Waals surface area contributed by atoms with Gasteiger partial charge in [-0.15, -0.1) is 0 Å². The highest BCUT2D eigenvalue weighted by molar-refractivity contribution is 5.18. The van der Waals surface area contributed by atoms with Gasteiger partial charge in [0, 0.05) is 0 Å². The summed E-state index contributed by atoms with van der Waals surface area (Å²) in [4.78, 5) is 0. The molecule has 0 aliphatic carbocycles. The summed E-state index contributed by atoms with van der Waals surface area (Å²) < 4.78 is 0. The molecule has 1 aromatic carbocycles. The molecule has 0 saturated heterocycles. The van der Waals surface area contributed by atoms with Crippen molar-refractivity contribution in [1.29, 1.82) is 0 Å². The summed E-state index contributed by atoms with van der Waals surface area (Å²) in [5, 5.41) is 0. The van der Waals surface area contributed by atoms with Crippen LogP contribution in [0, 0.1) is 0 Å². The molecule has 0 N–H and O–H groups in total. The molecule has 58 valence electrons. The summed E-state index contributed by atoms with van der Waals surface area (Å²) in [5.74, 6) is 0. The summed E-state index contributed by atoms with van der Waals surface area (Å²) in [7, 11) is 0. The molecule has 0 aliphatic heterocycles. The number of rotatable bonds is 2. The van der Waals surface area contributed by atoms with Gasteiger partial charge in [0.15, 0.2) is 0 Å². The lowest BCUT2D eigenvalue weighted by molar-refractivity contribution is 1.21. The second kappa shape index (κ2) is 3.97. The van der Waals surface area contributed by atoms with Crippen LogP contribution >= 0.6 is 0 Å². The molecule has 0 amide bonds. The SMILES string of the molecule is CC(C)=CCc1ccccc1. The molecule has 0 spiro atoms. The van der Waals surface area contributed by atoms with E-state index in [0.717, 1.165) is 6.42 Å². The molecule has 1 rings (SSSR count). The van der Waals surface area contributed by atoms with Gasteiger partial charge < -0.3 is 0 Å². The fourth-order valence-corrected chi connectivity index (χ4v) is 0.936. The van der Waals surface area contributed by atoms with Crippen molar-refractivity contribution in [2.45, 2.75) is 20.3 Å². The molecule has 0 atom stereocenters. The molecule has 0 fully saturated rings. The van der Waals surface area contributed by atoms with Gasteiger partial charge in [0.1, 0.15) is 0 Å². The number of hydrogen-bond acceptors (Lipinski definition) is 0. The van der Waals surface area contributed by atoms with E-state index in [0.29, 0.717) is 0 Å². The van der Waals surface area contributed by atoms with Crippen molar-refractivity contribution in [1.82, 2.24) is 0 Å². The molecule has 0 aromatic heterocycles. The minimum atomic E-state index is 1.06. The monoisotopic (exact) mass is 146 g/mol. The minimum absolute atomic E-state index is 1.06. The highest BCUT2D eigenvalue weighted by Gasteiger charge is 1.85. The second-order valence-electron chi connectivity index (χ2n) is 2.97. The molecular weight excluding hydrogens is 132 g/mol. The largest absolute Gasteiger partial charge is 0.0815 e. The summed E-state index contributed by atoms with van der Waals surface area (Å²) in [6, 6.07) is 10.5. The van der Waals surface area contributed by atoms with Crippen LogP contribution in [0.3, 0.4) is 0 Å². The van der Waals surface area contributed by atoms with Crippen molar-refractivity contribution in [2.75, 3.05) is 0 Å². The summed E-state index contributed by atoms with van der Waals surface area (Å²) in [5.41, 5.74) is 2.77. The Morgan fingerprint density at radius 1 is 1.18 bits per heavy atom. The standard InChI is InChI=1S/C11H14/c1-10(2)8-9-11-6-4-3-5-7-11/h3-8H,9H2,1-2H3. The Balaban J connectivity index is 2.59. The first-order chi connectivity index (χ1) is 5.29. The molecule has 0 saturated carbocycles. The highest BCUT2D eigenvalue weighted by atomic mass is 13.9. The van der Waals surface area contributed by atoms with Crippen LogP contribution in [-0.4, -0.2) is 0 Å². The minimum Gasteiger partial charge on any atom is -0.0815 e.